The molecule has 0 spiro atoms. The van der Waals surface area contributed by atoms with Gasteiger partial charge in [0.25, 0.3) is 0 Å². The molecule has 0 heterocycles. The number of benzene rings is 2. The lowest BCUT2D eigenvalue weighted by atomic mass is 10.0. The maximum absolute atomic E-state index is 13.8. The molecule has 0 radical (unpaired) electrons. The average Bonchev–Trinajstić information content (AvgIpc) is 2.45. The Kier molecular flexibility index (Phi) is 4.63. The van der Waals surface area contributed by atoms with Gasteiger partial charge in [0.1, 0.15) is 5.82 Å². The fourth-order valence-corrected chi connectivity index (χ4v) is 2.79. The zero-order valence-corrected chi connectivity index (χ0v) is 12.8. The molecule has 0 saturated heterocycles. The summed E-state index contributed by atoms with van der Waals surface area (Å²) in [6.45, 7) is 1.97. The van der Waals surface area contributed by atoms with Crippen molar-refractivity contribution in [1.82, 2.24) is 0 Å². The number of anilines is 1. The van der Waals surface area contributed by atoms with E-state index >= 15 is 0 Å². The normalized spacial score (nSPS) is 12.9. The van der Waals surface area contributed by atoms with Crippen molar-refractivity contribution in [2.24, 2.45) is 0 Å². The van der Waals surface area contributed by atoms with Gasteiger partial charge in [-0.05, 0) is 36.8 Å². The van der Waals surface area contributed by atoms with Crippen LogP contribution in [0.3, 0.4) is 0 Å². The Labute approximate surface area is 124 Å². The van der Waals surface area contributed by atoms with Gasteiger partial charge >= 0.3 is 0 Å². The fraction of sp³-hybridized carbons (Fsp3) is 0.250. The van der Waals surface area contributed by atoms with E-state index in [2.05, 4.69) is 5.32 Å². The van der Waals surface area contributed by atoms with Gasteiger partial charge in [-0.25, -0.2) is 12.8 Å². The van der Waals surface area contributed by atoms with E-state index in [-0.39, 0.29) is 16.8 Å². The highest BCUT2D eigenvalue weighted by molar-refractivity contribution is 7.90. The molecule has 1 N–H and O–H groups in total. The Morgan fingerprint density at radius 3 is 2.24 bits per heavy atom. The smallest absolute Gasteiger partial charge is 0.175 e. The largest absolute Gasteiger partial charge is 0.378 e. The first-order valence-corrected chi connectivity index (χ1v) is 8.62. The second kappa shape index (κ2) is 6.26. The van der Waals surface area contributed by atoms with Crippen LogP contribution in [-0.2, 0) is 9.84 Å². The van der Waals surface area contributed by atoms with E-state index in [1.54, 1.807) is 42.5 Å². The Bertz CT molecular complexity index is 711. The molecule has 112 valence electrons. The van der Waals surface area contributed by atoms with Crippen LogP contribution in [0.2, 0.25) is 0 Å². The summed E-state index contributed by atoms with van der Waals surface area (Å²) in [6, 6.07) is 13.0. The van der Waals surface area contributed by atoms with Crippen molar-refractivity contribution in [2.45, 2.75) is 24.3 Å². The van der Waals surface area contributed by atoms with Crippen LogP contribution < -0.4 is 5.32 Å². The monoisotopic (exact) mass is 307 g/mol. The summed E-state index contributed by atoms with van der Waals surface area (Å²) in [6.07, 6.45) is 1.89. The molecule has 2 aromatic carbocycles. The van der Waals surface area contributed by atoms with Crippen molar-refractivity contribution < 1.29 is 12.8 Å². The Morgan fingerprint density at radius 2 is 1.71 bits per heavy atom. The molecule has 0 aromatic heterocycles. The van der Waals surface area contributed by atoms with Gasteiger partial charge in [0.15, 0.2) is 9.84 Å². The quantitative estimate of drug-likeness (QED) is 0.914. The van der Waals surface area contributed by atoms with Gasteiger partial charge in [-0.2, -0.15) is 0 Å². The standard InChI is InChI=1S/C16H18FNO2S/c1-3-16(14-6-4-5-7-15(14)17)18-12-8-10-13(11-9-12)21(2,19)20/h4-11,16,18H,3H2,1-2H3. The van der Waals surface area contributed by atoms with Gasteiger partial charge in [-0.1, -0.05) is 25.1 Å². The molecule has 5 heteroatoms. The molecule has 21 heavy (non-hydrogen) atoms. The molecule has 1 atom stereocenters. The number of sulfone groups is 1. The second-order valence-corrected chi connectivity index (χ2v) is 6.94. The summed E-state index contributed by atoms with van der Waals surface area (Å²) in [7, 11) is -3.20. The Hall–Kier alpha value is -1.88. The Balaban J connectivity index is 2.22. The summed E-state index contributed by atoms with van der Waals surface area (Å²) in [5.41, 5.74) is 1.37. The zero-order valence-electron chi connectivity index (χ0n) is 12.0. The summed E-state index contributed by atoms with van der Waals surface area (Å²) in [5.74, 6) is -0.246. The minimum Gasteiger partial charge on any atom is -0.378 e. The molecule has 0 aliphatic heterocycles. The fourth-order valence-electron chi connectivity index (χ4n) is 2.16. The minimum atomic E-state index is -3.20. The van der Waals surface area contributed by atoms with Crippen LogP contribution in [-0.4, -0.2) is 14.7 Å². The van der Waals surface area contributed by atoms with Crippen LogP contribution in [0.5, 0.6) is 0 Å². The molecule has 0 amide bonds. The van der Waals surface area contributed by atoms with Crippen molar-refractivity contribution in [1.29, 1.82) is 0 Å². The first-order valence-electron chi connectivity index (χ1n) is 6.73. The molecular formula is C16H18FNO2S. The number of hydrogen-bond donors (Lipinski definition) is 1. The minimum absolute atomic E-state index is 0.157. The molecule has 2 aromatic rings. The maximum Gasteiger partial charge on any atom is 0.175 e. The molecule has 1 unspecified atom stereocenters. The lowest BCUT2D eigenvalue weighted by Crippen LogP contribution is -2.11. The van der Waals surface area contributed by atoms with Crippen LogP contribution in [0.4, 0.5) is 10.1 Å². The maximum atomic E-state index is 13.8. The second-order valence-electron chi connectivity index (χ2n) is 4.92. The van der Waals surface area contributed by atoms with Crippen molar-refractivity contribution in [3.8, 4) is 0 Å². The topological polar surface area (TPSA) is 46.2 Å². The summed E-state index contributed by atoms with van der Waals surface area (Å²) in [5, 5.41) is 3.23. The van der Waals surface area contributed by atoms with Gasteiger partial charge in [-0.15, -0.1) is 0 Å². The molecule has 0 saturated carbocycles. The lowest BCUT2D eigenvalue weighted by Gasteiger charge is -2.19. The van der Waals surface area contributed by atoms with Gasteiger partial charge < -0.3 is 5.32 Å². The highest BCUT2D eigenvalue weighted by Gasteiger charge is 2.13. The number of nitrogens with one attached hydrogen (secondary N) is 1. The summed E-state index contributed by atoms with van der Waals surface area (Å²) >= 11 is 0. The van der Waals surface area contributed by atoms with Crippen molar-refractivity contribution in [2.75, 3.05) is 11.6 Å². The van der Waals surface area contributed by atoms with Crippen LogP contribution in [0.1, 0.15) is 24.9 Å². The summed E-state index contributed by atoms with van der Waals surface area (Å²) < 4.78 is 36.7. The molecule has 3 nitrogen and oxygen atoms in total. The zero-order chi connectivity index (χ0) is 15.5. The van der Waals surface area contributed by atoms with E-state index in [4.69, 9.17) is 0 Å². The van der Waals surface area contributed by atoms with E-state index in [1.165, 1.54) is 12.3 Å². The molecule has 0 fully saturated rings. The molecule has 0 bridgehead atoms. The van der Waals surface area contributed by atoms with Crippen molar-refractivity contribution >= 4 is 15.5 Å². The van der Waals surface area contributed by atoms with Crippen LogP contribution in [0, 0.1) is 5.82 Å². The van der Waals surface area contributed by atoms with Crippen LogP contribution in [0.25, 0.3) is 0 Å². The molecule has 0 aliphatic rings. The van der Waals surface area contributed by atoms with Crippen molar-refractivity contribution in [3.05, 3.63) is 59.9 Å². The number of halogens is 1. The third-order valence-corrected chi connectivity index (χ3v) is 4.44. The molecule has 0 aliphatic carbocycles. The van der Waals surface area contributed by atoms with Gasteiger partial charge in [0.05, 0.1) is 10.9 Å². The van der Waals surface area contributed by atoms with Crippen LogP contribution >= 0.6 is 0 Å². The Morgan fingerprint density at radius 1 is 1.10 bits per heavy atom. The SMILES string of the molecule is CCC(Nc1ccc(S(C)(=O)=O)cc1)c1ccccc1F. The average molecular weight is 307 g/mol. The molecular weight excluding hydrogens is 289 g/mol. The van der Waals surface area contributed by atoms with E-state index in [0.717, 1.165) is 12.1 Å². The summed E-state index contributed by atoms with van der Waals surface area (Å²) in [4.78, 5) is 0.270. The first kappa shape index (κ1) is 15.5. The van der Waals surface area contributed by atoms with Gasteiger partial charge in [0.2, 0.25) is 0 Å². The van der Waals surface area contributed by atoms with Crippen molar-refractivity contribution in [3.63, 3.8) is 0 Å². The number of hydrogen-bond acceptors (Lipinski definition) is 3. The van der Waals surface area contributed by atoms with E-state index in [0.29, 0.717) is 5.56 Å². The lowest BCUT2D eigenvalue weighted by molar-refractivity contribution is 0.587. The highest BCUT2D eigenvalue weighted by atomic mass is 32.2. The third-order valence-electron chi connectivity index (χ3n) is 3.31. The third kappa shape index (κ3) is 3.82. The van der Waals surface area contributed by atoms with Gasteiger partial charge in [0, 0.05) is 17.5 Å². The number of rotatable bonds is 5. The predicted octanol–water partition coefficient (Wildman–Crippen LogP) is 3.79. The predicted molar refractivity (Wildman–Crippen MR) is 82.6 cm³/mol. The molecule has 2 rings (SSSR count). The van der Waals surface area contributed by atoms with E-state index in [1.807, 2.05) is 6.92 Å². The van der Waals surface area contributed by atoms with Gasteiger partial charge in [-0.3, -0.25) is 0 Å². The van der Waals surface area contributed by atoms with Crippen LogP contribution in [0.15, 0.2) is 53.4 Å². The van der Waals surface area contributed by atoms with E-state index < -0.39 is 9.84 Å². The highest BCUT2D eigenvalue weighted by Crippen LogP contribution is 2.25. The van der Waals surface area contributed by atoms with E-state index in [9.17, 15) is 12.8 Å². The first-order chi connectivity index (χ1) is 9.91.